The Morgan fingerprint density at radius 2 is 1.72 bits per heavy atom. The van der Waals surface area contributed by atoms with Crippen molar-refractivity contribution in [2.45, 2.75) is 70.7 Å². The van der Waals surface area contributed by atoms with E-state index in [2.05, 4.69) is 5.43 Å². The van der Waals surface area contributed by atoms with E-state index in [9.17, 15) is 13.2 Å². The Hall–Kier alpha value is -0.330. The number of hydrogen-bond donors (Lipinski definition) is 2. The molecule has 3 N–H and O–H groups in total. The maximum absolute atomic E-state index is 12.1. The highest BCUT2D eigenvalue weighted by atomic mass is 19.4. The minimum absolute atomic E-state index is 0.0627. The molecule has 0 aliphatic heterocycles. The second-order valence-corrected chi connectivity index (χ2v) is 4.43. The van der Waals surface area contributed by atoms with Crippen LogP contribution in [0.2, 0.25) is 0 Å². The summed E-state index contributed by atoms with van der Waals surface area (Å²) in [6.45, 7) is 6.34. The van der Waals surface area contributed by atoms with E-state index in [0.29, 0.717) is 13.0 Å². The van der Waals surface area contributed by atoms with Crippen molar-refractivity contribution in [3.63, 3.8) is 0 Å². The second-order valence-electron chi connectivity index (χ2n) is 4.43. The number of rotatable bonds is 9. The molecule has 0 spiro atoms. The first-order valence-corrected chi connectivity index (χ1v) is 6.52. The number of hydrogen-bond acceptors (Lipinski definition) is 3. The van der Waals surface area contributed by atoms with Gasteiger partial charge in [0.25, 0.3) is 0 Å². The molecule has 0 bridgehead atoms. The molecule has 0 aromatic rings. The fourth-order valence-corrected chi connectivity index (χ4v) is 2.34. The van der Waals surface area contributed by atoms with Crippen molar-refractivity contribution in [3.05, 3.63) is 0 Å². The van der Waals surface area contributed by atoms with E-state index in [0.717, 1.165) is 12.8 Å². The van der Waals surface area contributed by atoms with E-state index >= 15 is 0 Å². The van der Waals surface area contributed by atoms with Crippen LogP contribution in [0.25, 0.3) is 0 Å². The Labute approximate surface area is 107 Å². The minimum atomic E-state index is -4.11. The molecule has 1 unspecified atom stereocenters. The van der Waals surface area contributed by atoms with Gasteiger partial charge in [0, 0.05) is 13.0 Å². The first kappa shape index (κ1) is 17.7. The Kier molecular flexibility index (Phi) is 7.82. The van der Waals surface area contributed by atoms with Gasteiger partial charge in [0.2, 0.25) is 0 Å². The van der Waals surface area contributed by atoms with Crippen molar-refractivity contribution in [1.29, 1.82) is 0 Å². The molecule has 0 amide bonds. The van der Waals surface area contributed by atoms with Gasteiger partial charge in [0.15, 0.2) is 0 Å². The van der Waals surface area contributed by atoms with Crippen molar-refractivity contribution in [2.75, 3.05) is 6.61 Å². The van der Waals surface area contributed by atoms with Crippen LogP contribution in [-0.2, 0) is 4.74 Å². The lowest BCUT2D eigenvalue weighted by molar-refractivity contribution is -0.137. The highest BCUT2D eigenvalue weighted by molar-refractivity contribution is 4.90. The van der Waals surface area contributed by atoms with Crippen molar-refractivity contribution >= 4 is 0 Å². The summed E-state index contributed by atoms with van der Waals surface area (Å²) in [5, 5.41) is 0. The fourth-order valence-electron chi connectivity index (χ4n) is 2.34. The van der Waals surface area contributed by atoms with Gasteiger partial charge in [-0.15, -0.1) is 0 Å². The van der Waals surface area contributed by atoms with Crippen LogP contribution in [0.4, 0.5) is 13.2 Å². The van der Waals surface area contributed by atoms with E-state index in [1.165, 1.54) is 0 Å². The lowest BCUT2D eigenvalue weighted by atomic mass is 9.85. The smallest absolute Gasteiger partial charge is 0.374 e. The van der Waals surface area contributed by atoms with Gasteiger partial charge in [-0.05, 0) is 32.6 Å². The zero-order chi connectivity index (χ0) is 14.2. The highest BCUT2D eigenvalue weighted by Crippen LogP contribution is 2.29. The molecule has 0 saturated carbocycles. The number of hydrazine groups is 1. The van der Waals surface area contributed by atoms with Crippen LogP contribution in [0.1, 0.15) is 52.9 Å². The molecule has 18 heavy (non-hydrogen) atoms. The number of alkyl halides is 3. The predicted octanol–water partition coefficient (Wildman–Crippen LogP) is 3.15. The normalized spacial score (nSPS) is 14.8. The van der Waals surface area contributed by atoms with E-state index in [4.69, 9.17) is 10.6 Å². The van der Waals surface area contributed by atoms with Crippen LogP contribution in [0.5, 0.6) is 0 Å². The van der Waals surface area contributed by atoms with Crippen LogP contribution >= 0.6 is 0 Å². The lowest BCUT2D eigenvalue weighted by Gasteiger charge is -2.39. The minimum Gasteiger partial charge on any atom is -0.374 e. The predicted molar refractivity (Wildman–Crippen MR) is 66.0 cm³/mol. The first-order valence-electron chi connectivity index (χ1n) is 6.52. The lowest BCUT2D eigenvalue weighted by Crippen LogP contribution is -2.54. The number of ether oxygens (including phenoxy) is 1. The van der Waals surface area contributed by atoms with Gasteiger partial charge in [0.05, 0.1) is 11.6 Å². The molecule has 0 aromatic carbocycles. The molecule has 3 nitrogen and oxygen atoms in total. The van der Waals surface area contributed by atoms with Crippen molar-refractivity contribution < 1.29 is 17.9 Å². The largest absolute Gasteiger partial charge is 0.389 e. The number of halogens is 3. The molecule has 0 rings (SSSR count). The van der Waals surface area contributed by atoms with Crippen LogP contribution in [0.15, 0.2) is 0 Å². The monoisotopic (exact) mass is 270 g/mol. The molecule has 6 heteroatoms. The standard InChI is InChI=1S/C12H25F3N2O/c1-4-11(5-2,18-6-3)10(17-16)8-7-9-12(13,14)15/h10,17H,4-9,16H2,1-3H3. The Morgan fingerprint density at radius 3 is 2.06 bits per heavy atom. The zero-order valence-electron chi connectivity index (χ0n) is 11.4. The van der Waals surface area contributed by atoms with Crippen LogP contribution in [-0.4, -0.2) is 24.4 Å². The number of nitrogens with two attached hydrogens (primary N) is 1. The van der Waals surface area contributed by atoms with Gasteiger partial charge in [-0.3, -0.25) is 11.3 Å². The molecule has 0 radical (unpaired) electrons. The van der Waals surface area contributed by atoms with Crippen molar-refractivity contribution in [3.8, 4) is 0 Å². The summed E-state index contributed by atoms with van der Waals surface area (Å²) >= 11 is 0. The number of nitrogens with one attached hydrogen (secondary N) is 1. The highest BCUT2D eigenvalue weighted by Gasteiger charge is 2.36. The summed E-state index contributed by atoms with van der Waals surface area (Å²) in [6.07, 6.45) is -3.02. The maximum atomic E-state index is 12.1. The zero-order valence-corrected chi connectivity index (χ0v) is 11.4. The Balaban J connectivity index is 4.51. The van der Waals surface area contributed by atoms with Crippen molar-refractivity contribution in [1.82, 2.24) is 5.43 Å². The average molecular weight is 270 g/mol. The Bertz CT molecular complexity index is 218. The van der Waals surface area contributed by atoms with E-state index in [-0.39, 0.29) is 12.5 Å². The third-order valence-corrected chi connectivity index (χ3v) is 3.42. The quantitative estimate of drug-likeness (QED) is 0.500. The first-order chi connectivity index (χ1) is 8.35. The van der Waals surface area contributed by atoms with Gasteiger partial charge >= 0.3 is 6.18 Å². The average Bonchev–Trinajstić information content (AvgIpc) is 2.31. The van der Waals surface area contributed by atoms with Gasteiger partial charge in [-0.2, -0.15) is 13.2 Å². The summed E-state index contributed by atoms with van der Waals surface area (Å²) in [4.78, 5) is 0. The molecule has 0 aliphatic carbocycles. The third-order valence-electron chi connectivity index (χ3n) is 3.42. The summed E-state index contributed by atoms with van der Waals surface area (Å²) in [5.74, 6) is 5.48. The molecule has 0 heterocycles. The van der Waals surface area contributed by atoms with Crippen LogP contribution in [0, 0.1) is 0 Å². The maximum Gasteiger partial charge on any atom is 0.389 e. The molecule has 0 aromatic heterocycles. The van der Waals surface area contributed by atoms with Gasteiger partial charge in [-0.1, -0.05) is 13.8 Å². The summed E-state index contributed by atoms with van der Waals surface area (Å²) in [7, 11) is 0. The van der Waals surface area contributed by atoms with Crippen LogP contribution in [0.3, 0.4) is 0 Å². The van der Waals surface area contributed by atoms with E-state index in [1.54, 1.807) is 0 Å². The fraction of sp³-hybridized carbons (Fsp3) is 1.00. The molecule has 0 fully saturated rings. The van der Waals surface area contributed by atoms with Crippen LogP contribution < -0.4 is 11.3 Å². The molecule has 110 valence electrons. The van der Waals surface area contributed by atoms with Gasteiger partial charge < -0.3 is 4.74 Å². The summed E-state index contributed by atoms with van der Waals surface area (Å²) in [6, 6.07) is -0.255. The molecule has 1 atom stereocenters. The summed E-state index contributed by atoms with van der Waals surface area (Å²) < 4.78 is 42.1. The molecule has 0 saturated heterocycles. The Morgan fingerprint density at radius 1 is 1.17 bits per heavy atom. The molecular formula is C12H25F3N2O. The molecular weight excluding hydrogens is 245 g/mol. The van der Waals surface area contributed by atoms with E-state index < -0.39 is 18.2 Å². The molecule has 0 aliphatic rings. The van der Waals surface area contributed by atoms with Crippen molar-refractivity contribution in [2.24, 2.45) is 5.84 Å². The summed E-state index contributed by atoms with van der Waals surface area (Å²) in [5.41, 5.74) is 2.15. The van der Waals surface area contributed by atoms with E-state index in [1.807, 2.05) is 20.8 Å². The third kappa shape index (κ3) is 5.54. The van der Waals surface area contributed by atoms with Gasteiger partial charge in [-0.25, -0.2) is 0 Å². The topological polar surface area (TPSA) is 47.3 Å². The van der Waals surface area contributed by atoms with Gasteiger partial charge in [0.1, 0.15) is 0 Å². The second kappa shape index (κ2) is 7.96. The SMILES string of the molecule is CCOC(CC)(CC)C(CCCC(F)(F)F)NN.